The van der Waals surface area contributed by atoms with Crippen LogP contribution in [0.4, 0.5) is 0 Å². The fourth-order valence-corrected chi connectivity index (χ4v) is 3.69. The van der Waals surface area contributed by atoms with Gasteiger partial charge in [0.1, 0.15) is 5.37 Å². The zero-order valence-electron chi connectivity index (χ0n) is 12.1. The van der Waals surface area contributed by atoms with Crippen molar-refractivity contribution in [1.82, 2.24) is 9.88 Å². The summed E-state index contributed by atoms with van der Waals surface area (Å²) in [4.78, 5) is 28.8. The number of amides is 1. The molecule has 0 aliphatic carbocycles. The Labute approximate surface area is 127 Å². The second kappa shape index (κ2) is 5.07. The van der Waals surface area contributed by atoms with Gasteiger partial charge in [-0.3, -0.25) is 9.59 Å². The first-order valence-corrected chi connectivity index (χ1v) is 7.96. The molecule has 0 bridgehead atoms. The molecule has 4 nitrogen and oxygen atoms in total. The van der Waals surface area contributed by atoms with Crippen LogP contribution in [0.15, 0.2) is 35.1 Å². The topological polar surface area (TPSA) is 53.2 Å². The number of rotatable bonds is 2. The van der Waals surface area contributed by atoms with Gasteiger partial charge in [0, 0.05) is 18.7 Å². The predicted octanol–water partition coefficient (Wildman–Crippen LogP) is 2.80. The van der Waals surface area contributed by atoms with Gasteiger partial charge in [-0.15, -0.1) is 11.8 Å². The van der Waals surface area contributed by atoms with Crippen LogP contribution in [-0.4, -0.2) is 29.1 Å². The smallest absolute Gasteiger partial charge is 0.255 e. The predicted molar refractivity (Wildman–Crippen MR) is 85.6 cm³/mol. The number of fused-ring (bicyclic) bond motifs is 1. The van der Waals surface area contributed by atoms with Crippen LogP contribution in [0, 0.1) is 6.92 Å². The van der Waals surface area contributed by atoms with Gasteiger partial charge in [0.2, 0.25) is 5.56 Å². The number of nitrogens with zero attached hydrogens (tertiary/aromatic N) is 1. The second-order valence-corrected chi connectivity index (χ2v) is 6.13. The number of benzene rings is 1. The third-order valence-electron chi connectivity index (χ3n) is 3.76. The molecular weight excluding hydrogens is 284 g/mol. The summed E-state index contributed by atoms with van der Waals surface area (Å²) in [6, 6.07) is 9.35. The van der Waals surface area contributed by atoms with E-state index >= 15 is 0 Å². The van der Waals surface area contributed by atoms with Gasteiger partial charge in [0.15, 0.2) is 0 Å². The molecule has 1 aromatic heterocycles. The minimum atomic E-state index is -0.242. The van der Waals surface area contributed by atoms with Gasteiger partial charge < -0.3 is 9.88 Å². The number of hydrogen-bond acceptors (Lipinski definition) is 3. The van der Waals surface area contributed by atoms with Crippen LogP contribution >= 0.6 is 11.8 Å². The minimum absolute atomic E-state index is 0.0696. The van der Waals surface area contributed by atoms with E-state index in [1.165, 1.54) is 6.07 Å². The summed E-state index contributed by atoms with van der Waals surface area (Å²) in [5.74, 6) is -0.0932. The highest BCUT2D eigenvalue weighted by Gasteiger charge is 2.36. The molecule has 0 fully saturated rings. The summed E-state index contributed by atoms with van der Waals surface area (Å²) in [6.07, 6.45) is 1.97. The van der Waals surface area contributed by atoms with Gasteiger partial charge in [-0.05, 0) is 24.8 Å². The molecule has 1 aliphatic rings. The molecular formula is C16H16N2O2S. The van der Waals surface area contributed by atoms with Crippen molar-refractivity contribution in [1.29, 1.82) is 0 Å². The molecule has 0 radical (unpaired) electrons. The summed E-state index contributed by atoms with van der Waals surface area (Å²) >= 11 is 1.59. The van der Waals surface area contributed by atoms with Gasteiger partial charge in [0.25, 0.3) is 5.91 Å². The fourth-order valence-electron chi connectivity index (χ4n) is 2.80. The maximum absolute atomic E-state index is 12.3. The van der Waals surface area contributed by atoms with Gasteiger partial charge in [0.05, 0.1) is 11.3 Å². The Morgan fingerprint density at radius 2 is 2.00 bits per heavy atom. The Bertz CT molecular complexity index is 782. The van der Waals surface area contributed by atoms with Crippen molar-refractivity contribution < 1.29 is 4.79 Å². The zero-order valence-corrected chi connectivity index (χ0v) is 13.0. The summed E-state index contributed by atoms with van der Waals surface area (Å²) in [7, 11) is 1.77. The van der Waals surface area contributed by atoms with Crippen LogP contribution < -0.4 is 5.56 Å². The highest BCUT2D eigenvalue weighted by Crippen LogP contribution is 2.42. The number of hydrogen-bond donors (Lipinski definition) is 1. The van der Waals surface area contributed by atoms with E-state index in [2.05, 4.69) is 4.98 Å². The summed E-state index contributed by atoms with van der Waals surface area (Å²) < 4.78 is 0. The first-order chi connectivity index (χ1) is 10.0. The maximum Gasteiger partial charge on any atom is 0.255 e. The van der Waals surface area contributed by atoms with E-state index in [1.807, 2.05) is 37.4 Å². The zero-order chi connectivity index (χ0) is 15.1. The van der Waals surface area contributed by atoms with E-state index in [-0.39, 0.29) is 16.8 Å². The van der Waals surface area contributed by atoms with Crippen molar-refractivity contribution >= 4 is 17.7 Å². The average molecular weight is 300 g/mol. The van der Waals surface area contributed by atoms with E-state index < -0.39 is 0 Å². The summed E-state index contributed by atoms with van der Waals surface area (Å²) in [5, 5.41) is -0.0696. The van der Waals surface area contributed by atoms with E-state index in [0.29, 0.717) is 5.56 Å². The number of carbonyl (C=O) groups excluding carboxylic acids is 1. The molecule has 2 aromatic rings. The van der Waals surface area contributed by atoms with Gasteiger partial charge in [-0.25, -0.2) is 0 Å². The molecule has 0 saturated heterocycles. The van der Waals surface area contributed by atoms with Crippen LogP contribution in [0.1, 0.15) is 26.9 Å². The second-order valence-electron chi connectivity index (χ2n) is 5.21. The molecule has 0 spiro atoms. The number of nitrogens with one attached hydrogen (secondary N) is 1. The van der Waals surface area contributed by atoms with Crippen LogP contribution in [-0.2, 0) is 0 Å². The van der Waals surface area contributed by atoms with Crippen LogP contribution in [0.25, 0.3) is 11.3 Å². The van der Waals surface area contributed by atoms with Crippen LogP contribution in [0.2, 0.25) is 0 Å². The summed E-state index contributed by atoms with van der Waals surface area (Å²) in [6.45, 7) is 2.01. The van der Waals surface area contributed by atoms with E-state index in [0.717, 1.165) is 22.4 Å². The third-order valence-corrected chi connectivity index (χ3v) is 4.76. The summed E-state index contributed by atoms with van der Waals surface area (Å²) in [5.41, 5.74) is 3.97. The Balaban J connectivity index is 2.31. The molecule has 3 rings (SSSR count). The normalized spacial score (nSPS) is 17.2. The monoisotopic (exact) mass is 300 g/mol. The first-order valence-electron chi connectivity index (χ1n) is 6.67. The van der Waals surface area contributed by atoms with Crippen molar-refractivity contribution in [2.45, 2.75) is 12.3 Å². The number of aryl methyl sites for hydroxylation is 1. The molecule has 1 amide bonds. The van der Waals surface area contributed by atoms with Gasteiger partial charge >= 0.3 is 0 Å². The standard InChI is InChI=1S/C16H16N2O2S/c1-9-5-4-6-10(7-9)14-13-11(8-12(19)17-14)15(20)18(2)16(13)21-3/h4-8,16H,1-3H3,(H,17,19). The van der Waals surface area contributed by atoms with Crippen molar-refractivity contribution in [3.8, 4) is 11.3 Å². The SMILES string of the molecule is CSC1c2c(cc(=O)[nH]c2-c2cccc(C)c2)C(=O)N1C. The molecule has 5 heteroatoms. The van der Waals surface area contributed by atoms with Crippen molar-refractivity contribution in [2.24, 2.45) is 0 Å². The highest BCUT2D eigenvalue weighted by atomic mass is 32.2. The maximum atomic E-state index is 12.3. The third kappa shape index (κ3) is 2.17. The Hall–Kier alpha value is -2.01. The minimum Gasteiger partial charge on any atom is -0.325 e. The number of aromatic amines is 1. The van der Waals surface area contributed by atoms with E-state index in [9.17, 15) is 9.59 Å². The fraction of sp³-hybridized carbons (Fsp3) is 0.250. The lowest BCUT2D eigenvalue weighted by atomic mass is 10.0. The number of thioether (sulfide) groups is 1. The van der Waals surface area contributed by atoms with Gasteiger partial charge in [-0.1, -0.05) is 23.8 Å². The highest BCUT2D eigenvalue weighted by molar-refractivity contribution is 7.98. The first kappa shape index (κ1) is 13.9. The number of carbonyl (C=O) groups is 1. The Morgan fingerprint density at radius 3 is 2.67 bits per heavy atom. The molecule has 108 valence electrons. The lowest BCUT2D eigenvalue weighted by molar-refractivity contribution is 0.0813. The molecule has 21 heavy (non-hydrogen) atoms. The number of pyridine rings is 1. The lowest BCUT2D eigenvalue weighted by Gasteiger charge is -2.19. The number of H-pyrrole nitrogens is 1. The van der Waals surface area contributed by atoms with Crippen molar-refractivity contribution in [3.63, 3.8) is 0 Å². The largest absolute Gasteiger partial charge is 0.325 e. The van der Waals surface area contributed by atoms with Crippen LogP contribution in [0.3, 0.4) is 0 Å². The quantitative estimate of drug-likeness (QED) is 0.928. The van der Waals surface area contributed by atoms with E-state index in [4.69, 9.17) is 0 Å². The molecule has 1 atom stereocenters. The number of aromatic nitrogens is 1. The molecule has 0 saturated carbocycles. The molecule has 1 aliphatic heterocycles. The molecule has 2 heterocycles. The van der Waals surface area contributed by atoms with Crippen molar-refractivity contribution in [2.75, 3.05) is 13.3 Å². The average Bonchev–Trinajstić information content (AvgIpc) is 2.70. The van der Waals surface area contributed by atoms with Crippen LogP contribution in [0.5, 0.6) is 0 Å². The Morgan fingerprint density at radius 1 is 1.24 bits per heavy atom. The van der Waals surface area contributed by atoms with E-state index in [1.54, 1.807) is 23.7 Å². The Kier molecular flexibility index (Phi) is 3.37. The lowest BCUT2D eigenvalue weighted by Crippen LogP contribution is -2.21. The van der Waals surface area contributed by atoms with Crippen molar-refractivity contribution in [3.05, 3.63) is 57.4 Å². The van der Waals surface area contributed by atoms with Gasteiger partial charge in [-0.2, -0.15) is 0 Å². The molecule has 1 N–H and O–H groups in total. The molecule has 1 aromatic carbocycles. The molecule has 1 unspecified atom stereocenters.